The number of ether oxygens (including phenoxy) is 1. The van der Waals surface area contributed by atoms with Gasteiger partial charge in [-0.15, -0.1) is 0 Å². The molecule has 0 fully saturated rings. The molecule has 0 unspecified atom stereocenters. The topological polar surface area (TPSA) is 51.2 Å². The first-order chi connectivity index (χ1) is 6.97. The molecule has 0 aromatic carbocycles. The molecule has 0 saturated carbocycles. The van der Waals surface area contributed by atoms with Crippen molar-refractivity contribution in [1.82, 2.24) is 4.98 Å². The van der Waals surface area contributed by atoms with Gasteiger partial charge in [-0.2, -0.15) is 0 Å². The summed E-state index contributed by atoms with van der Waals surface area (Å²) in [5.74, 6) is 0. The third-order valence-corrected chi connectivity index (χ3v) is 1.54. The van der Waals surface area contributed by atoms with E-state index in [2.05, 4.69) is 10.3 Å². The second-order valence-corrected chi connectivity index (χ2v) is 4.50. The Morgan fingerprint density at radius 1 is 1.53 bits per heavy atom. The molecule has 0 aliphatic heterocycles. The van der Waals surface area contributed by atoms with Crippen molar-refractivity contribution in [3.05, 3.63) is 24.5 Å². The smallest absolute Gasteiger partial charge is 0.411 e. The highest BCUT2D eigenvalue weighted by atomic mass is 16.5. The predicted molar refractivity (Wildman–Crippen MR) is 58.7 cm³/mol. The Balaban J connectivity index is 2.38. The predicted octanol–water partition coefficient (Wildman–Crippen LogP) is 2.68. The average Bonchev–Trinajstić information content (AvgIpc) is 2.15. The number of rotatable bonds is 2. The first kappa shape index (κ1) is 11.5. The van der Waals surface area contributed by atoms with Gasteiger partial charge < -0.3 is 4.74 Å². The minimum atomic E-state index is -0.446. The molecule has 15 heavy (non-hydrogen) atoms. The largest absolute Gasteiger partial charge is 0.449 e. The van der Waals surface area contributed by atoms with Crippen molar-refractivity contribution in [2.24, 2.45) is 5.41 Å². The number of nitrogens with zero attached hydrogens (tertiary/aromatic N) is 1. The molecule has 1 heterocycles. The number of carbonyl (C=O) groups is 1. The molecule has 1 N–H and O–H groups in total. The molecule has 4 heteroatoms. The van der Waals surface area contributed by atoms with Crippen LogP contribution in [0.25, 0.3) is 0 Å². The Morgan fingerprint density at radius 3 is 2.80 bits per heavy atom. The Bertz CT molecular complexity index is 317. The lowest BCUT2D eigenvalue weighted by Crippen LogP contribution is -2.21. The fourth-order valence-corrected chi connectivity index (χ4v) is 0.873. The van der Waals surface area contributed by atoms with E-state index >= 15 is 0 Å². The third kappa shape index (κ3) is 5.00. The van der Waals surface area contributed by atoms with Gasteiger partial charge >= 0.3 is 6.09 Å². The van der Waals surface area contributed by atoms with Crippen molar-refractivity contribution in [1.29, 1.82) is 0 Å². The summed E-state index contributed by atoms with van der Waals surface area (Å²) in [6, 6.07) is 3.50. The lowest BCUT2D eigenvalue weighted by Gasteiger charge is -2.17. The maximum Gasteiger partial charge on any atom is 0.411 e. The Morgan fingerprint density at radius 2 is 2.27 bits per heavy atom. The maximum atomic E-state index is 11.3. The van der Waals surface area contributed by atoms with Crippen molar-refractivity contribution in [2.75, 3.05) is 11.9 Å². The van der Waals surface area contributed by atoms with Gasteiger partial charge in [0.25, 0.3) is 0 Å². The SMILES string of the molecule is CC(C)(C)COC(=O)Nc1cccnc1. The van der Waals surface area contributed by atoms with Crippen LogP contribution in [-0.4, -0.2) is 17.7 Å². The van der Waals surface area contributed by atoms with Crippen molar-refractivity contribution in [2.45, 2.75) is 20.8 Å². The maximum absolute atomic E-state index is 11.3. The van der Waals surface area contributed by atoms with Crippen molar-refractivity contribution < 1.29 is 9.53 Å². The highest BCUT2D eigenvalue weighted by Gasteiger charge is 2.13. The molecule has 1 aromatic rings. The van der Waals surface area contributed by atoms with Gasteiger partial charge in [-0.25, -0.2) is 4.79 Å². The Hall–Kier alpha value is -1.58. The zero-order chi connectivity index (χ0) is 11.3. The molecule has 0 saturated heterocycles. The molecule has 0 spiro atoms. The molecule has 1 aromatic heterocycles. The summed E-state index contributed by atoms with van der Waals surface area (Å²) in [4.78, 5) is 15.2. The number of anilines is 1. The van der Waals surface area contributed by atoms with E-state index in [0.717, 1.165) is 0 Å². The number of nitrogens with one attached hydrogen (secondary N) is 1. The number of hydrogen-bond donors (Lipinski definition) is 1. The zero-order valence-corrected chi connectivity index (χ0v) is 9.28. The van der Waals surface area contributed by atoms with Crippen LogP contribution in [0, 0.1) is 5.41 Å². The van der Waals surface area contributed by atoms with Gasteiger partial charge in [-0.05, 0) is 17.5 Å². The highest BCUT2D eigenvalue weighted by molar-refractivity contribution is 5.84. The van der Waals surface area contributed by atoms with Crippen LogP contribution >= 0.6 is 0 Å². The molecule has 0 radical (unpaired) electrons. The molecular weight excluding hydrogens is 192 g/mol. The number of aromatic nitrogens is 1. The highest BCUT2D eigenvalue weighted by Crippen LogP contribution is 2.13. The van der Waals surface area contributed by atoms with Crippen molar-refractivity contribution in [3.8, 4) is 0 Å². The molecule has 4 nitrogen and oxygen atoms in total. The van der Waals surface area contributed by atoms with Crippen molar-refractivity contribution >= 4 is 11.8 Å². The summed E-state index contributed by atoms with van der Waals surface area (Å²) in [6.45, 7) is 6.40. The van der Waals surface area contributed by atoms with Gasteiger partial charge in [-0.3, -0.25) is 10.3 Å². The second-order valence-electron chi connectivity index (χ2n) is 4.50. The van der Waals surface area contributed by atoms with Crippen molar-refractivity contribution in [3.63, 3.8) is 0 Å². The van der Waals surface area contributed by atoms with Crippen LogP contribution in [0.3, 0.4) is 0 Å². The third-order valence-electron chi connectivity index (χ3n) is 1.54. The average molecular weight is 208 g/mol. The van der Waals surface area contributed by atoms with E-state index < -0.39 is 6.09 Å². The molecule has 0 atom stereocenters. The summed E-state index contributed by atoms with van der Waals surface area (Å²) < 4.78 is 5.03. The summed E-state index contributed by atoms with van der Waals surface area (Å²) in [5.41, 5.74) is 0.614. The van der Waals surface area contributed by atoms with Crippen LogP contribution in [-0.2, 0) is 4.74 Å². The van der Waals surface area contributed by atoms with E-state index in [1.54, 1.807) is 24.5 Å². The molecule has 1 rings (SSSR count). The van der Waals surface area contributed by atoms with Crippen LogP contribution in [0.5, 0.6) is 0 Å². The first-order valence-electron chi connectivity index (χ1n) is 4.81. The van der Waals surface area contributed by atoms with E-state index in [-0.39, 0.29) is 5.41 Å². The number of amides is 1. The van der Waals surface area contributed by atoms with Crippen LogP contribution in [0.15, 0.2) is 24.5 Å². The van der Waals surface area contributed by atoms with E-state index in [1.165, 1.54) is 0 Å². The van der Waals surface area contributed by atoms with Crippen LogP contribution < -0.4 is 5.32 Å². The number of pyridine rings is 1. The standard InChI is InChI=1S/C11H16N2O2/c1-11(2,3)8-15-10(14)13-9-5-4-6-12-7-9/h4-7H,8H2,1-3H3,(H,13,14). The molecular formula is C11H16N2O2. The van der Waals surface area contributed by atoms with Crippen LogP contribution in [0.2, 0.25) is 0 Å². The summed E-state index contributed by atoms with van der Waals surface area (Å²) in [6.07, 6.45) is 2.77. The van der Waals surface area contributed by atoms with Gasteiger partial charge in [0.2, 0.25) is 0 Å². The fourth-order valence-electron chi connectivity index (χ4n) is 0.873. The molecule has 0 aliphatic carbocycles. The first-order valence-corrected chi connectivity index (χ1v) is 4.81. The summed E-state index contributed by atoms with van der Waals surface area (Å²) in [5, 5.41) is 2.59. The van der Waals surface area contributed by atoms with Crippen LogP contribution in [0.1, 0.15) is 20.8 Å². The quantitative estimate of drug-likeness (QED) is 0.812. The molecule has 0 aliphatic rings. The molecule has 1 amide bonds. The minimum absolute atomic E-state index is 0.0215. The lowest BCUT2D eigenvalue weighted by molar-refractivity contribution is 0.118. The Labute approximate surface area is 89.7 Å². The number of hydrogen-bond acceptors (Lipinski definition) is 3. The van der Waals surface area contributed by atoms with E-state index in [0.29, 0.717) is 12.3 Å². The second kappa shape index (κ2) is 4.77. The monoisotopic (exact) mass is 208 g/mol. The van der Waals surface area contributed by atoms with Gasteiger partial charge in [-0.1, -0.05) is 20.8 Å². The van der Waals surface area contributed by atoms with Gasteiger partial charge in [0.15, 0.2) is 0 Å². The molecule has 82 valence electrons. The fraction of sp³-hybridized carbons (Fsp3) is 0.455. The Kier molecular flexibility index (Phi) is 3.66. The van der Waals surface area contributed by atoms with Gasteiger partial charge in [0.05, 0.1) is 18.5 Å². The van der Waals surface area contributed by atoms with Crippen LogP contribution in [0.4, 0.5) is 10.5 Å². The zero-order valence-electron chi connectivity index (χ0n) is 9.28. The normalized spacial score (nSPS) is 10.9. The van der Waals surface area contributed by atoms with E-state index in [1.807, 2.05) is 20.8 Å². The van der Waals surface area contributed by atoms with Gasteiger partial charge in [0, 0.05) is 6.20 Å². The summed E-state index contributed by atoms with van der Waals surface area (Å²) >= 11 is 0. The van der Waals surface area contributed by atoms with Gasteiger partial charge in [0.1, 0.15) is 0 Å². The molecule has 0 bridgehead atoms. The summed E-state index contributed by atoms with van der Waals surface area (Å²) in [7, 11) is 0. The van der Waals surface area contributed by atoms with E-state index in [4.69, 9.17) is 4.74 Å². The number of carbonyl (C=O) groups excluding carboxylic acids is 1. The van der Waals surface area contributed by atoms with E-state index in [9.17, 15) is 4.79 Å². The minimum Gasteiger partial charge on any atom is -0.449 e. The lowest BCUT2D eigenvalue weighted by atomic mass is 9.99.